The quantitative estimate of drug-likeness (QED) is 0.218. The molecule has 10 heteroatoms. The van der Waals surface area contributed by atoms with Gasteiger partial charge in [0.2, 0.25) is 0 Å². The highest BCUT2D eigenvalue weighted by Crippen LogP contribution is 2.27. The maximum atomic E-state index is 13.2. The van der Waals surface area contributed by atoms with Crippen molar-refractivity contribution in [2.45, 2.75) is 13.5 Å². The van der Waals surface area contributed by atoms with Crippen LogP contribution in [0.4, 0.5) is 16.2 Å². The van der Waals surface area contributed by atoms with Gasteiger partial charge >= 0.3 is 6.03 Å². The van der Waals surface area contributed by atoms with Gasteiger partial charge in [0.05, 0.1) is 17.2 Å². The Balaban J connectivity index is 1.58. The van der Waals surface area contributed by atoms with E-state index >= 15 is 0 Å². The van der Waals surface area contributed by atoms with Crippen LogP contribution >= 0.6 is 0 Å². The molecule has 3 aromatic rings. The Kier molecular flexibility index (Phi) is 7.05. The number of anilines is 1. The maximum absolute atomic E-state index is 13.2. The van der Waals surface area contributed by atoms with Crippen LogP contribution in [0.5, 0.6) is 11.5 Å². The largest absolute Gasteiger partial charge is 0.494 e. The minimum Gasteiger partial charge on any atom is -0.494 e. The lowest BCUT2D eigenvalue weighted by Gasteiger charge is -2.26. The van der Waals surface area contributed by atoms with Crippen molar-refractivity contribution in [3.05, 3.63) is 99.6 Å². The number of carbonyl (C=O) groups is 3. The number of urea groups is 1. The van der Waals surface area contributed by atoms with E-state index in [0.717, 1.165) is 4.90 Å². The van der Waals surface area contributed by atoms with Gasteiger partial charge in [0.1, 0.15) is 23.7 Å². The Bertz CT molecular complexity index is 1350. The Morgan fingerprint density at radius 2 is 1.64 bits per heavy atom. The number of imide groups is 2. The van der Waals surface area contributed by atoms with Crippen LogP contribution in [0.2, 0.25) is 0 Å². The smallest absolute Gasteiger partial charge is 0.335 e. The van der Waals surface area contributed by atoms with Gasteiger partial charge in [0.15, 0.2) is 0 Å². The Morgan fingerprint density at radius 1 is 0.944 bits per heavy atom. The summed E-state index contributed by atoms with van der Waals surface area (Å²) in [4.78, 5) is 49.4. The highest BCUT2D eigenvalue weighted by Gasteiger charge is 2.37. The summed E-state index contributed by atoms with van der Waals surface area (Å²) in [6, 6.07) is 18.2. The molecule has 0 spiro atoms. The van der Waals surface area contributed by atoms with Crippen molar-refractivity contribution in [3.63, 3.8) is 0 Å². The number of non-ortho nitro benzene ring substituents is 1. The summed E-state index contributed by atoms with van der Waals surface area (Å²) in [5, 5.41) is 13.0. The number of nitro groups is 1. The topological polar surface area (TPSA) is 128 Å². The summed E-state index contributed by atoms with van der Waals surface area (Å²) in [5.41, 5.74) is 1.15. The molecule has 4 rings (SSSR count). The monoisotopic (exact) mass is 487 g/mol. The van der Waals surface area contributed by atoms with Gasteiger partial charge in [-0.15, -0.1) is 0 Å². The van der Waals surface area contributed by atoms with Crippen LogP contribution < -0.4 is 19.7 Å². The molecule has 0 saturated carbocycles. The summed E-state index contributed by atoms with van der Waals surface area (Å²) in [6.45, 7) is 2.41. The lowest BCUT2D eigenvalue weighted by Crippen LogP contribution is -2.54. The third-order valence-corrected chi connectivity index (χ3v) is 5.27. The molecule has 1 N–H and O–H groups in total. The van der Waals surface area contributed by atoms with E-state index < -0.39 is 22.8 Å². The van der Waals surface area contributed by atoms with Gasteiger partial charge < -0.3 is 9.47 Å². The van der Waals surface area contributed by atoms with Gasteiger partial charge in [-0.2, -0.15) is 0 Å². The zero-order valence-electron chi connectivity index (χ0n) is 19.2. The maximum Gasteiger partial charge on any atom is 0.335 e. The van der Waals surface area contributed by atoms with Crippen molar-refractivity contribution in [2.24, 2.45) is 0 Å². The van der Waals surface area contributed by atoms with Crippen LogP contribution in [0.25, 0.3) is 6.08 Å². The average Bonchev–Trinajstić information content (AvgIpc) is 2.87. The lowest BCUT2D eigenvalue weighted by molar-refractivity contribution is -0.384. The lowest BCUT2D eigenvalue weighted by atomic mass is 10.1. The van der Waals surface area contributed by atoms with Gasteiger partial charge in [-0.25, -0.2) is 9.69 Å². The Labute approximate surface area is 205 Å². The molecular weight excluding hydrogens is 466 g/mol. The fourth-order valence-corrected chi connectivity index (χ4v) is 3.51. The zero-order chi connectivity index (χ0) is 25.7. The number of carbonyl (C=O) groups excluding carboxylic acids is 3. The molecule has 0 aromatic heterocycles. The molecule has 10 nitrogen and oxygen atoms in total. The number of hydrogen-bond acceptors (Lipinski definition) is 7. The van der Waals surface area contributed by atoms with E-state index in [4.69, 9.17) is 9.47 Å². The van der Waals surface area contributed by atoms with Crippen molar-refractivity contribution >= 4 is 35.3 Å². The first-order valence-electron chi connectivity index (χ1n) is 11.0. The second kappa shape index (κ2) is 10.5. The molecule has 1 heterocycles. The fraction of sp³-hybridized carbons (Fsp3) is 0.115. The van der Waals surface area contributed by atoms with Gasteiger partial charge in [-0.05, 0) is 61.0 Å². The molecule has 3 aromatic carbocycles. The number of ether oxygens (including phenoxy) is 2. The van der Waals surface area contributed by atoms with Gasteiger partial charge in [0.25, 0.3) is 17.5 Å². The van der Waals surface area contributed by atoms with Crippen LogP contribution in [0.1, 0.15) is 18.1 Å². The van der Waals surface area contributed by atoms with Crippen LogP contribution in [-0.4, -0.2) is 29.4 Å². The normalized spacial score (nSPS) is 14.5. The van der Waals surface area contributed by atoms with E-state index in [1.54, 1.807) is 60.7 Å². The number of hydrogen-bond donors (Lipinski definition) is 1. The first-order valence-corrected chi connectivity index (χ1v) is 11.0. The molecule has 1 aliphatic rings. The number of rotatable bonds is 8. The average molecular weight is 487 g/mol. The third-order valence-electron chi connectivity index (χ3n) is 5.27. The summed E-state index contributed by atoms with van der Waals surface area (Å²) in [7, 11) is 0. The highest BCUT2D eigenvalue weighted by atomic mass is 16.6. The molecule has 182 valence electrons. The predicted molar refractivity (Wildman–Crippen MR) is 130 cm³/mol. The molecule has 1 aliphatic heterocycles. The fourth-order valence-electron chi connectivity index (χ4n) is 3.51. The van der Waals surface area contributed by atoms with E-state index in [1.165, 1.54) is 18.2 Å². The first kappa shape index (κ1) is 24.1. The van der Waals surface area contributed by atoms with Crippen LogP contribution in [0.15, 0.2) is 78.4 Å². The first-order chi connectivity index (χ1) is 17.4. The number of barbiturate groups is 1. The highest BCUT2D eigenvalue weighted by molar-refractivity contribution is 6.39. The molecule has 0 radical (unpaired) electrons. The summed E-state index contributed by atoms with van der Waals surface area (Å²) in [6.07, 6.45) is 1.36. The standard InChI is InChI=1S/C26H21N3O7/c1-2-35-21-13-11-19(12-14-21)28-25(31)22(24(30)27-26(28)32)15-18-5-3-4-6-23(18)36-16-17-7-9-20(10-8-17)29(33)34/h3-15H,2,16H2,1H3,(H,27,30,32)/b22-15+. The molecule has 0 bridgehead atoms. The van der Waals surface area contributed by atoms with E-state index in [-0.39, 0.29) is 23.6 Å². The molecule has 4 amide bonds. The van der Waals surface area contributed by atoms with Crippen molar-refractivity contribution < 1.29 is 28.8 Å². The molecule has 1 fully saturated rings. The summed E-state index contributed by atoms with van der Waals surface area (Å²) < 4.78 is 11.2. The number of nitrogens with one attached hydrogen (secondary N) is 1. The molecule has 0 atom stereocenters. The number of amides is 4. The van der Waals surface area contributed by atoms with Crippen LogP contribution in [0, 0.1) is 10.1 Å². The summed E-state index contributed by atoms with van der Waals surface area (Å²) in [5.74, 6) is -0.638. The third kappa shape index (κ3) is 5.22. The van der Waals surface area contributed by atoms with Crippen molar-refractivity contribution in [3.8, 4) is 11.5 Å². The molecule has 0 unspecified atom stereocenters. The van der Waals surface area contributed by atoms with Gasteiger partial charge in [0, 0.05) is 17.7 Å². The summed E-state index contributed by atoms with van der Waals surface area (Å²) >= 11 is 0. The van der Waals surface area contributed by atoms with Crippen LogP contribution in [0.3, 0.4) is 0 Å². The van der Waals surface area contributed by atoms with E-state index in [9.17, 15) is 24.5 Å². The zero-order valence-corrected chi connectivity index (χ0v) is 19.2. The minimum atomic E-state index is -0.853. The van der Waals surface area contributed by atoms with Gasteiger partial charge in [-0.1, -0.05) is 18.2 Å². The minimum absolute atomic E-state index is 0.0302. The van der Waals surface area contributed by atoms with E-state index in [0.29, 0.717) is 29.2 Å². The number of nitro benzene ring substituents is 1. The van der Waals surface area contributed by atoms with Crippen molar-refractivity contribution in [2.75, 3.05) is 11.5 Å². The SMILES string of the molecule is CCOc1ccc(N2C(=O)NC(=O)/C(=C\c3ccccc3OCc3ccc([N+](=O)[O-])cc3)C2=O)cc1. The molecule has 0 aliphatic carbocycles. The van der Waals surface area contributed by atoms with E-state index in [1.807, 2.05) is 6.92 Å². The van der Waals surface area contributed by atoms with E-state index in [2.05, 4.69) is 5.32 Å². The van der Waals surface area contributed by atoms with Gasteiger partial charge in [-0.3, -0.25) is 25.0 Å². The van der Waals surface area contributed by atoms with Crippen molar-refractivity contribution in [1.29, 1.82) is 0 Å². The molecule has 36 heavy (non-hydrogen) atoms. The Hall–Kier alpha value is -4.99. The second-order valence-corrected chi connectivity index (χ2v) is 7.63. The second-order valence-electron chi connectivity index (χ2n) is 7.63. The molecule has 1 saturated heterocycles. The predicted octanol–water partition coefficient (Wildman–Crippen LogP) is 4.24. The number of benzene rings is 3. The number of para-hydroxylation sites is 1. The number of nitrogens with zero attached hydrogens (tertiary/aromatic N) is 2. The van der Waals surface area contributed by atoms with Crippen molar-refractivity contribution in [1.82, 2.24) is 5.32 Å². The van der Waals surface area contributed by atoms with Crippen LogP contribution in [-0.2, 0) is 16.2 Å². The Morgan fingerprint density at radius 3 is 2.31 bits per heavy atom. The molecular formula is C26H21N3O7.